The van der Waals surface area contributed by atoms with Gasteiger partial charge in [-0.25, -0.2) is 20.0 Å². The number of carbonyl (C=O) groups is 2. The summed E-state index contributed by atoms with van der Waals surface area (Å²) < 4.78 is 10.5. The quantitative estimate of drug-likeness (QED) is 0.724. The van der Waals surface area contributed by atoms with Crippen LogP contribution in [0.1, 0.15) is 48.0 Å². The lowest BCUT2D eigenvalue weighted by molar-refractivity contribution is -0.00755. The lowest BCUT2D eigenvalue weighted by Crippen LogP contribution is -2.55. The SMILES string of the molecule is CC(C)(C)OC(=O)NN(C(=O)OC(C)(C)C)C1CCNC1. The second-order valence-electron chi connectivity index (χ2n) is 7.11. The van der Waals surface area contributed by atoms with Crippen LogP contribution in [0.25, 0.3) is 0 Å². The molecule has 1 atom stereocenters. The van der Waals surface area contributed by atoms with Gasteiger partial charge in [0, 0.05) is 6.54 Å². The molecule has 1 rings (SSSR count). The normalized spacial score (nSPS) is 19.0. The van der Waals surface area contributed by atoms with E-state index in [0.717, 1.165) is 13.0 Å². The predicted octanol–water partition coefficient (Wildman–Crippen LogP) is 2.03. The number of hydrazine groups is 1. The third kappa shape index (κ3) is 6.66. The van der Waals surface area contributed by atoms with Gasteiger partial charge in [0.15, 0.2) is 0 Å². The first-order valence-electron chi connectivity index (χ1n) is 7.20. The fourth-order valence-electron chi connectivity index (χ4n) is 1.86. The van der Waals surface area contributed by atoms with Crippen LogP contribution < -0.4 is 10.7 Å². The predicted molar refractivity (Wildman–Crippen MR) is 78.7 cm³/mol. The fraction of sp³-hybridized carbons (Fsp3) is 0.857. The van der Waals surface area contributed by atoms with Crippen LogP contribution in [0.5, 0.6) is 0 Å². The van der Waals surface area contributed by atoms with Crippen molar-refractivity contribution < 1.29 is 19.1 Å². The Morgan fingerprint density at radius 3 is 2.10 bits per heavy atom. The summed E-state index contributed by atoms with van der Waals surface area (Å²) in [6, 6.07) is -0.146. The first-order valence-corrected chi connectivity index (χ1v) is 7.20. The van der Waals surface area contributed by atoms with E-state index in [0.29, 0.717) is 6.54 Å². The average molecular weight is 301 g/mol. The molecule has 2 amide bonds. The van der Waals surface area contributed by atoms with Gasteiger partial charge in [-0.2, -0.15) is 0 Å². The van der Waals surface area contributed by atoms with Gasteiger partial charge in [-0.05, 0) is 54.5 Å². The first kappa shape index (κ1) is 17.6. The molecule has 1 heterocycles. The molecule has 1 aliphatic heterocycles. The number of hydrogen-bond donors (Lipinski definition) is 2. The highest BCUT2D eigenvalue weighted by atomic mass is 16.6. The van der Waals surface area contributed by atoms with Gasteiger partial charge in [0.1, 0.15) is 11.2 Å². The Bertz CT molecular complexity index is 379. The van der Waals surface area contributed by atoms with Gasteiger partial charge >= 0.3 is 12.2 Å². The Labute approximate surface area is 126 Å². The molecule has 0 aromatic rings. The van der Waals surface area contributed by atoms with Crippen molar-refractivity contribution in [3.63, 3.8) is 0 Å². The third-order valence-electron chi connectivity index (χ3n) is 2.60. The number of hydrogen-bond acceptors (Lipinski definition) is 5. The number of amides is 2. The first-order chi connectivity index (χ1) is 9.48. The van der Waals surface area contributed by atoms with E-state index in [-0.39, 0.29) is 6.04 Å². The molecule has 21 heavy (non-hydrogen) atoms. The van der Waals surface area contributed by atoms with E-state index >= 15 is 0 Å². The molecular weight excluding hydrogens is 274 g/mol. The van der Waals surface area contributed by atoms with Crippen LogP contribution >= 0.6 is 0 Å². The van der Waals surface area contributed by atoms with Gasteiger partial charge in [-0.3, -0.25) is 0 Å². The zero-order valence-corrected chi connectivity index (χ0v) is 13.8. The summed E-state index contributed by atoms with van der Waals surface area (Å²) in [6.07, 6.45) is -0.503. The van der Waals surface area contributed by atoms with E-state index in [1.165, 1.54) is 5.01 Å². The monoisotopic (exact) mass is 301 g/mol. The molecular formula is C14H27N3O4. The zero-order chi connectivity index (χ0) is 16.3. The van der Waals surface area contributed by atoms with Crippen LogP contribution in [0.2, 0.25) is 0 Å². The van der Waals surface area contributed by atoms with Crippen molar-refractivity contribution in [2.24, 2.45) is 0 Å². The summed E-state index contributed by atoms with van der Waals surface area (Å²) in [5.74, 6) is 0. The van der Waals surface area contributed by atoms with E-state index in [1.807, 2.05) is 0 Å². The second kappa shape index (κ2) is 6.51. The van der Waals surface area contributed by atoms with Gasteiger partial charge in [-0.1, -0.05) is 0 Å². The molecule has 1 fully saturated rings. The van der Waals surface area contributed by atoms with E-state index < -0.39 is 23.4 Å². The summed E-state index contributed by atoms with van der Waals surface area (Å²) in [5, 5.41) is 4.37. The number of carbonyl (C=O) groups excluding carboxylic acids is 2. The van der Waals surface area contributed by atoms with E-state index in [9.17, 15) is 9.59 Å². The molecule has 0 aromatic carbocycles. The minimum absolute atomic E-state index is 0.146. The van der Waals surface area contributed by atoms with Gasteiger partial charge < -0.3 is 14.8 Å². The molecule has 7 nitrogen and oxygen atoms in total. The smallest absolute Gasteiger partial charge is 0.429 e. The Morgan fingerprint density at radius 2 is 1.67 bits per heavy atom. The largest absolute Gasteiger partial charge is 0.443 e. The molecule has 1 unspecified atom stereocenters. The van der Waals surface area contributed by atoms with Crippen molar-refractivity contribution in [1.29, 1.82) is 0 Å². The molecule has 0 radical (unpaired) electrons. The molecule has 0 aromatic heterocycles. The Kier molecular flexibility index (Phi) is 5.44. The molecule has 7 heteroatoms. The molecule has 0 aliphatic carbocycles. The Morgan fingerprint density at radius 1 is 1.10 bits per heavy atom. The Balaban J connectivity index is 2.73. The molecule has 0 bridgehead atoms. The van der Waals surface area contributed by atoms with Crippen LogP contribution in [0.3, 0.4) is 0 Å². The molecule has 0 saturated carbocycles. The maximum absolute atomic E-state index is 12.3. The van der Waals surface area contributed by atoms with Gasteiger partial charge in [-0.15, -0.1) is 0 Å². The molecule has 1 saturated heterocycles. The number of nitrogens with zero attached hydrogens (tertiary/aromatic N) is 1. The molecule has 2 N–H and O–H groups in total. The van der Waals surface area contributed by atoms with Crippen LogP contribution in [0.4, 0.5) is 9.59 Å². The van der Waals surface area contributed by atoms with Crippen molar-refractivity contribution in [2.45, 2.75) is 65.2 Å². The van der Waals surface area contributed by atoms with Crippen molar-refractivity contribution in [3.05, 3.63) is 0 Å². The van der Waals surface area contributed by atoms with Crippen LogP contribution in [-0.4, -0.2) is 47.5 Å². The lowest BCUT2D eigenvalue weighted by Gasteiger charge is -2.31. The van der Waals surface area contributed by atoms with Gasteiger partial charge in [0.05, 0.1) is 6.04 Å². The topological polar surface area (TPSA) is 79.9 Å². The Hall–Kier alpha value is -1.50. The lowest BCUT2D eigenvalue weighted by atomic mass is 10.2. The molecule has 0 spiro atoms. The van der Waals surface area contributed by atoms with E-state index in [4.69, 9.17) is 9.47 Å². The van der Waals surface area contributed by atoms with Gasteiger partial charge in [0.25, 0.3) is 0 Å². The van der Waals surface area contributed by atoms with Crippen LogP contribution in [-0.2, 0) is 9.47 Å². The van der Waals surface area contributed by atoms with Crippen LogP contribution in [0, 0.1) is 0 Å². The standard InChI is InChI=1S/C14H27N3O4/c1-13(2,3)20-11(18)16-17(10-7-8-15-9-10)12(19)21-14(4,5)6/h10,15H,7-9H2,1-6H3,(H,16,18). The summed E-state index contributed by atoms with van der Waals surface area (Å²) in [6.45, 7) is 12.0. The highest BCUT2D eigenvalue weighted by molar-refractivity contribution is 5.74. The van der Waals surface area contributed by atoms with E-state index in [2.05, 4.69) is 10.7 Å². The third-order valence-corrected chi connectivity index (χ3v) is 2.60. The minimum Gasteiger partial charge on any atom is -0.443 e. The molecule has 1 aliphatic rings. The molecule has 122 valence electrons. The van der Waals surface area contributed by atoms with Crippen LogP contribution in [0.15, 0.2) is 0 Å². The zero-order valence-electron chi connectivity index (χ0n) is 13.8. The second-order valence-corrected chi connectivity index (χ2v) is 7.11. The summed E-state index contributed by atoms with van der Waals surface area (Å²) in [4.78, 5) is 24.1. The fourth-order valence-corrected chi connectivity index (χ4v) is 1.86. The van der Waals surface area contributed by atoms with Crippen molar-refractivity contribution in [1.82, 2.24) is 15.8 Å². The maximum Gasteiger partial charge on any atom is 0.429 e. The summed E-state index contributed by atoms with van der Waals surface area (Å²) >= 11 is 0. The highest BCUT2D eigenvalue weighted by Crippen LogP contribution is 2.14. The van der Waals surface area contributed by atoms with Crippen molar-refractivity contribution in [3.8, 4) is 0 Å². The summed E-state index contributed by atoms with van der Waals surface area (Å²) in [7, 11) is 0. The summed E-state index contributed by atoms with van der Waals surface area (Å²) in [5.41, 5.74) is 1.24. The maximum atomic E-state index is 12.3. The van der Waals surface area contributed by atoms with E-state index in [1.54, 1.807) is 41.5 Å². The number of rotatable bonds is 1. The minimum atomic E-state index is -0.666. The van der Waals surface area contributed by atoms with Crippen molar-refractivity contribution in [2.75, 3.05) is 13.1 Å². The van der Waals surface area contributed by atoms with Gasteiger partial charge in [0.2, 0.25) is 0 Å². The average Bonchev–Trinajstić information content (AvgIpc) is 2.73. The number of ether oxygens (including phenoxy) is 2. The highest BCUT2D eigenvalue weighted by Gasteiger charge is 2.32. The van der Waals surface area contributed by atoms with Crippen molar-refractivity contribution >= 4 is 12.2 Å². The number of nitrogens with one attached hydrogen (secondary N) is 2.